The number of aliphatic hydroxyl groups is 1. The molecule has 0 amide bonds. The molecule has 1 atom stereocenters. The highest BCUT2D eigenvalue weighted by molar-refractivity contribution is 6.42. The van der Waals surface area contributed by atoms with Gasteiger partial charge in [0.15, 0.2) is 0 Å². The fourth-order valence-corrected chi connectivity index (χ4v) is 3.56. The van der Waals surface area contributed by atoms with Crippen molar-refractivity contribution in [2.75, 3.05) is 11.9 Å². The van der Waals surface area contributed by atoms with E-state index in [1.807, 2.05) is 30.3 Å². The highest BCUT2D eigenvalue weighted by Gasteiger charge is 2.18. The number of benzene rings is 2. The molecule has 0 aliphatic carbocycles. The SMILES string of the molecule is O=c1[nH]ccc(N[C@H](CO)Cc2ccccc2)c1-c1nc2cc(Cl)c(Cl)cc2[nH]1. The van der Waals surface area contributed by atoms with E-state index in [9.17, 15) is 9.90 Å². The molecule has 2 heterocycles. The van der Waals surface area contributed by atoms with Crippen LogP contribution in [0, 0.1) is 0 Å². The lowest BCUT2D eigenvalue weighted by molar-refractivity contribution is 0.274. The Kier molecular flexibility index (Phi) is 5.58. The van der Waals surface area contributed by atoms with E-state index in [0.717, 1.165) is 5.56 Å². The molecule has 2 aromatic carbocycles. The summed E-state index contributed by atoms with van der Waals surface area (Å²) in [5.41, 5.74) is 2.97. The molecule has 0 saturated carbocycles. The third kappa shape index (κ3) is 4.15. The first-order chi connectivity index (χ1) is 14.0. The van der Waals surface area contributed by atoms with Crippen molar-refractivity contribution in [2.24, 2.45) is 0 Å². The van der Waals surface area contributed by atoms with Crippen molar-refractivity contribution < 1.29 is 5.11 Å². The number of fused-ring (bicyclic) bond motifs is 1. The average molecular weight is 429 g/mol. The van der Waals surface area contributed by atoms with Crippen LogP contribution in [0.1, 0.15) is 5.56 Å². The summed E-state index contributed by atoms with van der Waals surface area (Å²) in [6.07, 6.45) is 2.16. The Bertz CT molecular complexity index is 1170. The minimum atomic E-state index is -0.303. The number of hydrogen-bond donors (Lipinski definition) is 4. The second kappa shape index (κ2) is 8.29. The van der Waals surface area contributed by atoms with Crippen molar-refractivity contribution in [3.05, 3.63) is 80.7 Å². The van der Waals surface area contributed by atoms with Crippen molar-refractivity contribution in [3.8, 4) is 11.4 Å². The maximum atomic E-state index is 12.6. The number of hydrogen-bond acceptors (Lipinski definition) is 4. The zero-order valence-electron chi connectivity index (χ0n) is 15.2. The summed E-state index contributed by atoms with van der Waals surface area (Å²) < 4.78 is 0. The molecular formula is C21H18Cl2N4O2. The van der Waals surface area contributed by atoms with Gasteiger partial charge in [0.25, 0.3) is 5.56 Å². The van der Waals surface area contributed by atoms with Gasteiger partial charge in [0.05, 0.1) is 39.4 Å². The Labute approximate surface area is 176 Å². The summed E-state index contributed by atoms with van der Waals surface area (Å²) in [5, 5.41) is 13.9. The van der Waals surface area contributed by atoms with E-state index in [-0.39, 0.29) is 18.2 Å². The van der Waals surface area contributed by atoms with Crippen LogP contribution in [0.3, 0.4) is 0 Å². The molecule has 4 aromatic rings. The lowest BCUT2D eigenvalue weighted by atomic mass is 10.1. The number of aromatic nitrogens is 3. The zero-order valence-corrected chi connectivity index (χ0v) is 16.8. The van der Waals surface area contributed by atoms with Gasteiger partial charge in [0, 0.05) is 6.20 Å². The molecule has 29 heavy (non-hydrogen) atoms. The number of aromatic amines is 2. The number of anilines is 1. The number of rotatable bonds is 6. The lowest BCUT2D eigenvalue weighted by Gasteiger charge is -2.19. The van der Waals surface area contributed by atoms with Gasteiger partial charge in [-0.05, 0) is 30.2 Å². The van der Waals surface area contributed by atoms with Crippen LogP contribution in [-0.4, -0.2) is 32.7 Å². The lowest BCUT2D eigenvalue weighted by Crippen LogP contribution is -2.28. The zero-order chi connectivity index (χ0) is 20.4. The fourth-order valence-electron chi connectivity index (χ4n) is 3.24. The molecule has 0 unspecified atom stereocenters. The first-order valence-electron chi connectivity index (χ1n) is 9.03. The monoisotopic (exact) mass is 428 g/mol. The highest BCUT2D eigenvalue weighted by atomic mass is 35.5. The Morgan fingerprint density at radius 1 is 1.10 bits per heavy atom. The van der Waals surface area contributed by atoms with E-state index in [2.05, 4.69) is 20.3 Å². The average Bonchev–Trinajstić information content (AvgIpc) is 3.10. The van der Waals surface area contributed by atoms with E-state index >= 15 is 0 Å². The standard InChI is InChI=1S/C21H18Cl2N4O2/c22-14-9-17-18(10-15(14)23)27-20(26-17)19-16(6-7-24-21(19)29)25-13(11-28)8-12-4-2-1-3-5-12/h1-7,9-10,13,28H,8,11H2,(H,26,27)(H2,24,25,29)/t13-/m0/s1. The molecule has 4 rings (SSSR count). The number of nitrogens with zero attached hydrogens (tertiary/aromatic N) is 1. The molecular weight excluding hydrogens is 411 g/mol. The van der Waals surface area contributed by atoms with Gasteiger partial charge in [0.2, 0.25) is 0 Å². The fraction of sp³-hybridized carbons (Fsp3) is 0.143. The number of aliphatic hydroxyl groups excluding tert-OH is 1. The second-order valence-electron chi connectivity index (χ2n) is 6.68. The summed E-state index contributed by atoms with van der Waals surface area (Å²) in [6.45, 7) is -0.0908. The largest absolute Gasteiger partial charge is 0.394 e. The van der Waals surface area contributed by atoms with Crippen molar-refractivity contribution in [2.45, 2.75) is 12.5 Å². The van der Waals surface area contributed by atoms with Crippen molar-refractivity contribution >= 4 is 39.9 Å². The smallest absolute Gasteiger partial charge is 0.261 e. The van der Waals surface area contributed by atoms with Gasteiger partial charge in [-0.3, -0.25) is 4.79 Å². The Morgan fingerprint density at radius 2 is 1.86 bits per heavy atom. The van der Waals surface area contributed by atoms with E-state index < -0.39 is 0 Å². The number of pyridine rings is 1. The first-order valence-corrected chi connectivity index (χ1v) is 9.79. The van der Waals surface area contributed by atoms with Gasteiger partial charge in [0.1, 0.15) is 11.4 Å². The molecule has 0 aliphatic heterocycles. The molecule has 0 bridgehead atoms. The molecule has 148 valence electrons. The minimum Gasteiger partial charge on any atom is -0.394 e. The highest BCUT2D eigenvalue weighted by Crippen LogP contribution is 2.30. The van der Waals surface area contributed by atoms with Crippen LogP contribution in [0.15, 0.2) is 59.5 Å². The number of halogens is 2. The molecule has 0 radical (unpaired) electrons. The van der Waals surface area contributed by atoms with Gasteiger partial charge in [-0.15, -0.1) is 0 Å². The molecule has 8 heteroatoms. The summed E-state index contributed by atoms with van der Waals surface area (Å²) in [4.78, 5) is 22.9. The molecule has 0 saturated heterocycles. The normalized spacial score (nSPS) is 12.2. The number of H-pyrrole nitrogens is 2. The Morgan fingerprint density at radius 3 is 2.62 bits per heavy atom. The third-order valence-corrected chi connectivity index (χ3v) is 5.35. The van der Waals surface area contributed by atoms with Gasteiger partial charge in [-0.25, -0.2) is 4.98 Å². The van der Waals surface area contributed by atoms with Crippen LogP contribution < -0.4 is 10.9 Å². The first kappa shape index (κ1) is 19.5. The van der Waals surface area contributed by atoms with Gasteiger partial charge < -0.3 is 20.4 Å². The van der Waals surface area contributed by atoms with Crippen LogP contribution in [0.25, 0.3) is 22.4 Å². The quantitative estimate of drug-likeness (QED) is 0.369. The summed E-state index contributed by atoms with van der Waals surface area (Å²) in [7, 11) is 0. The van der Waals surface area contributed by atoms with E-state index in [1.165, 1.54) is 0 Å². The van der Waals surface area contributed by atoms with Crippen LogP contribution in [0.4, 0.5) is 5.69 Å². The van der Waals surface area contributed by atoms with Crippen molar-refractivity contribution in [1.82, 2.24) is 15.0 Å². The summed E-state index contributed by atoms with van der Waals surface area (Å²) in [6, 6.07) is 14.6. The van der Waals surface area contributed by atoms with E-state index in [1.54, 1.807) is 24.4 Å². The number of imidazole rings is 1. The Balaban J connectivity index is 1.71. The maximum Gasteiger partial charge on any atom is 0.261 e. The number of nitrogens with one attached hydrogen (secondary N) is 3. The third-order valence-electron chi connectivity index (χ3n) is 4.63. The Hall–Kier alpha value is -2.80. The topological polar surface area (TPSA) is 93.8 Å². The summed E-state index contributed by atoms with van der Waals surface area (Å²) in [5.74, 6) is 0.388. The van der Waals surface area contributed by atoms with Crippen molar-refractivity contribution in [3.63, 3.8) is 0 Å². The predicted octanol–water partition coefficient (Wildman–Crippen LogP) is 4.24. The predicted molar refractivity (Wildman–Crippen MR) is 117 cm³/mol. The van der Waals surface area contributed by atoms with Crippen LogP contribution >= 0.6 is 23.2 Å². The van der Waals surface area contributed by atoms with Gasteiger partial charge in [-0.1, -0.05) is 53.5 Å². The second-order valence-corrected chi connectivity index (χ2v) is 7.49. The molecule has 0 aliphatic rings. The molecule has 4 N–H and O–H groups in total. The molecule has 0 fully saturated rings. The van der Waals surface area contributed by atoms with E-state index in [4.69, 9.17) is 23.2 Å². The molecule has 0 spiro atoms. The van der Waals surface area contributed by atoms with Gasteiger partial charge in [-0.2, -0.15) is 0 Å². The van der Waals surface area contributed by atoms with E-state index in [0.29, 0.717) is 44.6 Å². The van der Waals surface area contributed by atoms with Crippen molar-refractivity contribution in [1.29, 1.82) is 0 Å². The van der Waals surface area contributed by atoms with Crippen LogP contribution in [0.5, 0.6) is 0 Å². The molecule has 6 nitrogen and oxygen atoms in total. The molecule has 2 aromatic heterocycles. The van der Waals surface area contributed by atoms with Crippen LogP contribution in [-0.2, 0) is 6.42 Å². The minimum absolute atomic E-state index is 0.0908. The maximum absolute atomic E-state index is 12.6. The van der Waals surface area contributed by atoms with Gasteiger partial charge >= 0.3 is 0 Å². The summed E-state index contributed by atoms with van der Waals surface area (Å²) >= 11 is 12.2. The van der Waals surface area contributed by atoms with Crippen LogP contribution in [0.2, 0.25) is 10.0 Å².